The van der Waals surface area contributed by atoms with Gasteiger partial charge in [-0.05, 0) is 36.6 Å². The maximum atomic E-state index is 13.0. The van der Waals surface area contributed by atoms with Gasteiger partial charge in [-0.25, -0.2) is 4.79 Å². The summed E-state index contributed by atoms with van der Waals surface area (Å²) in [6.07, 6.45) is 1.06. The van der Waals surface area contributed by atoms with Crippen LogP contribution in [0.2, 0.25) is 0 Å². The van der Waals surface area contributed by atoms with E-state index in [0.29, 0.717) is 24.3 Å². The topological polar surface area (TPSA) is 76.1 Å². The van der Waals surface area contributed by atoms with Gasteiger partial charge in [0.25, 0.3) is 5.56 Å². The zero-order chi connectivity index (χ0) is 24.4. The predicted octanol–water partition coefficient (Wildman–Crippen LogP) is 3.36. The third-order valence-corrected chi connectivity index (χ3v) is 6.71. The van der Waals surface area contributed by atoms with E-state index in [9.17, 15) is 9.59 Å². The van der Waals surface area contributed by atoms with Crippen LogP contribution in [0.15, 0.2) is 101 Å². The molecule has 0 saturated carbocycles. The van der Waals surface area contributed by atoms with Gasteiger partial charge in [0.2, 0.25) is 0 Å². The quantitative estimate of drug-likeness (QED) is 0.443. The lowest BCUT2D eigenvalue weighted by Crippen LogP contribution is -2.55. The van der Waals surface area contributed by atoms with E-state index >= 15 is 0 Å². The lowest BCUT2D eigenvalue weighted by molar-refractivity contribution is -0.0394. The minimum Gasteiger partial charge on any atom is -0.371 e. The van der Waals surface area contributed by atoms with Crippen LogP contribution in [0.25, 0.3) is 5.69 Å². The second-order valence-electron chi connectivity index (χ2n) is 8.90. The Hall–Kier alpha value is -3.74. The second kappa shape index (κ2) is 9.49. The molecule has 0 unspecified atom stereocenters. The van der Waals surface area contributed by atoms with E-state index in [2.05, 4.69) is 41.5 Å². The molecule has 6 nitrogen and oxygen atoms in total. The number of ether oxygens (including phenoxy) is 1. The summed E-state index contributed by atoms with van der Waals surface area (Å²) in [5.41, 5.74) is 2.46. The van der Waals surface area contributed by atoms with Crippen LogP contribution in [0.3, 0.4) is 0 Å². The van der Waals surface area contributed by atoms with Gasteiger partial charge in [0.15, 0.2) is 0 Å². The molecule has 1 aliphatic heterocycles. The molecule has 35 heavy (non-hydrogen) atoms. The van der Waals surface area contributed by atoms with Gasteiger partial charge in [0, 0.05) is 24.8 Å². The fourth-order valence-electron chi connectivity index (χ4n) is 5.15. The standard InChI is InChI=1S/C29H28N3O3/c1-20-19-32(28(34)31-27(20)33)25-16-10-9-15-24(25)29(22-11-5-3-6-12-22,23-13-7-4-8-14-23)26-18-30-17-21(2)35-26/h3-16,19,21,26,30H,2,17-18H2,1H3,(H,31,33,34)/t21-,26-/m0/s1. The van der Waals surface area contributed by atoms with Crippen LogP contribution in [-0.4, -0.2) is 34.8 Å². The van der Waals surface area contributed by atoms with Gasteiger partial charge in [-0.2, -0.15) is 0 Å². The van der Waals surface area contributed by atoms with E-state index in [1.165, 1.54) is 4.57 Å². The summed E-state index contributed by atoms with van der Waals surface area (Å²) in [6.45, 7) is 7.14. The van der Waals surface area contributed by atoms with Crippen LogP contribution in [0.5, 0.6) is 0 Å². The Labute approximate surface area is 204 Å². The highest BCUT2D eigenvalue weighted by Gasteiger charge is 2.47. The first-order chi connectivity index (χ1) is 17.0. The van der Waals surface area contributed by atoms with E-state index in [4.69, 9.17) is 4.74 Å². The summed E-state index contributed by atoms with van der Waals surface area (Å²) in [5.74, 6) is 0. The second-order valence-corrected chi connectivity index (χ2v) is 8.90. The summed E-state index contributed by atoms with van der Waals surface area (Å²) in [4.78, 5) is 27.6. The molecule has 5 rings (SSSR count). The number of aryl methyl sites for hydroxylation is 1. The zero-order valence-corrected chi connectivity index (χ0v) is 19.6. The van der Waals surface area contributed by atoms with Crippen molar-refractivity contribution in [1.29, 1.82) is 0 Å². The number of nitrogens with one attached hydrogen (secondary N) is 2. The highest BCUT2D eigenvalue weighted by atomic mass is 16.5. The number of rotatable bonds is 5. The molecule has 6 heteroatoms. The number of benzene rings is 3. The molecule has 0 aliphatic carbocycles. The van der Waals surface area contributed by atoms with Crippen molar-refractivity contribution in [3.05, 3.63) is 141 Å². The van der Waals surface area contributed by atoms with Crippen LogP contribution in [-0.2, 0) is 10.2 Å². The summed E-state index contributed by atoms with van der Waals surface area (Å²) in [7, 11) is 0. The molecule has 1 aromatic heterocycles. The first-order valence-electron chi connectivity index (χ1n) is 11.7. The molecule has 1 radical (unpaired) electrons. The fraction of sp³-hybridized carbons (Fsp3) is 0.207. The van der Waals surface area contributed by atoms with E-state index < -0.39 is 11.1 Å². The Kier molecular flexibility index (Phi) is 6.24. The maximum Gasteiger partial charge on any atom is 0.332 e. The first kappa shape index (κ1) is 23.0. The number of hydrogen-bond donors (Lipinski definition) is 2. The van der Waals surface area contributed by atoms with Crippen molar-refractivity contribution >= 4 is 0 Å². The minimum absolute atomic E-state index is 0.231. The van der Waals surface area contributed by atoms with E-state index in [1.807, 2.05) is 60.7 Å². The third-order valence-electron chi connectivity index (χ3n) is 6.71. The zero-order valence-electron chi connectivity index (χ0n) is 19.6. The molecule has 4 aromatic rings. The Bertz CT molecular complexity index is 1390. The van der Waals surface area contributed by atoms with Crippen LogP contribution < -0.4 is 16.6 Å². The van der Waals surface area contributed by atoms with E-state index in [0.717, 1.165) is 16.7 Å². The molecule has 0 amide bonds. The van der Waals surface area contributed by atoms with E-state index in [1.54, 1.807) is 13.1 Å². The van der Waals surface area contributed by atoms with Crippen molar-refractivity contribution in [2.75, 3.05) is 13.1 Å². The number of H-pyrrole nitrogens is 1. The number of nitrogens with zero attached hydrogens (tertiary/aromatic N) is 1. The molecule has 0 bridgehead atoms. The van der Waals surface area contributed by atoms with Gasteiger partial charge in [-0.3, -0.25) is 14.3 Å². The van der Waals surface area contributed by atoms with Gasteiger partial charge in [0.05, 0.1) is 23.3 Å². The monoisotopic (exact) mass is 466 g/mol. The summed E-state index contributed by atoms with van der Waals surface area (Å²) in [6, 6.07) is 28.3. The normalized spacial score (nSPS) is 18.3. The molecule has 3 aromatic carbocycles. The molecule has 2 heterocycles. The smallest absolute Gasteiger partial charge is 0.332 e. The Balaban J connectivity index is 1.89. The molecule has 1 saturated heterocycles. The number of para-hydroxylation sites is 1. The SMILES string of the molecule is [CH2][C@H]1CNC[C@@H](C(c2ccccc2)(c2ccccc2)c2ccccc2-n2cc(C)c(=O)[nH]c2=O)O1. The van der Waals surface area contributed by atoms with Crippen LogP contribution in [0.1, 0.15) is 22.3 Å². The van der Waals surface area contributed by atoms with Crippen molar-refractivity contribution in [3.63, 3.8) is 0 Å². The van der Waals surface area contributed by atoms with Gasteiger partial charge < -0.3 is 10.1 Å². The first-order valence-corrected chi connectivity index (χ1v) is 11.7. The predicted molar refractivity (Wildman–Crippen MR) is 137 cm³/mol. The van der Waals surface area contributed by atoms with Gasteiger partial charge in [-0.1, -0.05) is 78.9 Å². The molecule has 2 N–H and O–H groups in total. The number of aromatic amines is 1. The minimum atomic E-state index is -0.772. The Morgan fingerprint density at radius 3 is 2.11 bits per heavy atom. The molecular formula is C29H28N3O3. The molecule has 0 spiro atoms. The van der Waals surface area contributed by atoms with Gasteiger partial charge in [-0.15, -0.1) is 0 Å². The Morgan fingerprint density at radius 2 is 1.49 bits per heavy atom. The highest BCUT2D eigenvalue weighted by molar-refractivity contribution is 5.59. The van der Waals surface area contributed by atoms with Gasteiger partial charge in [0.1, 0.15) is 0 Å². The highest BCUT2D eigenvalue weighted by Crippen LogP contribution is 2.46. The summed E-state index contributed by atoms with van der Waals surface area (Å²) in [5, 5.41) is 3.48. The molecule has 2 atom stereocenters. The summed E-state index contributed by atoms with van der Waals surface area (Å²) >= 11 is 0. The van der Waals surface area contributed by atoms with Crippen molar-refractivity contribution < 1.29 is 4.74 Å². The van der Waals surface area contributed by atoms with Crippen LogP contribution in [0, 0.1) is 13.8 Å². The van der Waals surface area contributed by atoms with Crippen molar-refractivity contribution in [3.8, 4) is 5.69 Å². The van der Waals surface area contributed by atoms with Crippen molar-refractivity contribution in [2.45, 2.75) is 24.5 Å². The van der Waals surface area contributed by atoms with Crippen LogP contribution >= 0.6 is 0 Å². The van der Waals surface area contributed by atoms with E-state index in [-0.39, 0.29) is 17.8 Å². The largest absolute Gasteiger partial charge is 0.371 e. The molecular weight excluding hydrogens is 438 g/mol. The maximum absolute atomic E-state index is 13.0. The average Bonchev–Trinajstić information content (AvgIpc) is 2.89. The van der Waals surface area contributed by atoms with Crippen molar-refractivity contribution in [2.24, 2.45) is 0 Å². The lowest BCUT2D eigenvalue weighted by Gasteiger charge is -2.46. The van der Waals surface area contributed by atoms with Crippen LogP contribution in [0.4, 0.5) is 0 Å². The van der Waals surface area contributed by atoms with Crippen molar-refractivity contribution in [1.82, 2.24) is 14.9 Å². The van der Waals surface area contributed by atoms with Gasteiger partial charge >= 0.3 is 5.69 Å². The number of hydrogen-bond acceptors (Lipinski definition) is 4. The fourth-order valence-corrected chi connectivity index (χ4v) is 5.15. The average molecular weight is 467 g/mol. The lowest BCUT2D eigenvalue weighted by atomic mass is 9.64. The molecule has 1 fully saturated rings. The number of aromatic nitrogens is 2. The third kappa shape index (κ3) is 4.05. The number of morpholine rings is 1. The Morgan fingerprint density at radius 1 is 0.886 bits per heavy atom. The summed E-state index contributed by atoms with van der Waals surface area (Å²) < 4.78 is 8.08. The molecule has 177 valence electrons. The molecule has 1 aliphatic rings.